The highest BCUT2D eigenvalue weighted by molar-refractivity contribution is 7.89. The summed E-state index contributed by atoms with van der Waals surface area (Å²) in [7, 11) is -3.63. The first-order valence-electron chi connectivity index (χ1n) is 6.18. The molecule has 1 atom stereocenters. The van der Waals surface area contributed by atoms with Crippen LogP contribution in [-0.2, 0) is 10.0 Å². The number of rotatable bonds is 6. The number of nitrogens with one attached hydrogen (secondary N) is 1. The monoisotopic (exact) mass is 305 g/mol. The van der Waals surface area contributed by atoms with Crippen molar-refractivity contribution in [3.63, 3.8) is 0 Å². The maximum Gasteiger partial charge on any atom is 0.241 e. The molecule has 0 saturated heterocycles. The van der Waals surface area contributed by atoms with Gasteiger partial charge in [0.05, 0.1) is 4.90 Å². The van der Waals surface area contributed by atoms with Crippen LogP contribution in [0.25, 0.3) is 0 Å². The summed E-state index contributed by atoms with van der Waals surface area (Å²) in [6, 6.07) is 4.50. The van der Waals surface area contributed by atoms with Crippen LogP contribution in [0.1, 0.15) is 25.8 Å². The third kappa shape index (κ3) is 4.18. The molecule has 19 heavy (non-hydrogen) atoms. The van der Waals surface area contributed by atoms with Crippen LogP contribution in [-0.4, -0.2) is 26.2 Å². The van der Waals surface area contributed by atoms with Gasteiger partial charge in [0, 0.05) is 17.7 Å². The molecule has 2 N–H and O–H groups in total. The van der Waals surface area contributed by atoms with Crippen LogP contribution in [0.3, 0.4) is 0 Å². The number of hydrogen-bond acceptors (Lipinski definition) is 3. The second-order valence-electron chi connectivity index (χ2n) is 4.85. The number of aliphatic hydroxyl groups is 1. The number of hydrogen-bond donors (Lipinski definition) is 2. The fourth-order valence-electron chi connectivity index (χ4n) is 1.81. The van der Waals surface area contributed by atoms with Gasteiger partial charge in [0.15, 0.2) is 0 Å². The van der Waals surface area contributed by atoms with Gasteiger partial charge in [-0.25, -0.2) is 13.1 Å². The summed E-state index contributed by atoms with van der Waals surface area (Å²) in [5.41, 5.74) is 0.531. The third-order valence-electron chi connectivity index (χ3n) is 3.06. The predicted octanol–water partition coefficient (Wildman–Crippen LogP) is 2.33. The van der Waals surface area contributed by atoms with Gasteiger partial charge < -0.3 is 5.11 Å². The first-order chi connectivity index (χ1) is 8.79. The van der Waals surface area contributed by atoms with E-state index in [2.05, 4.69) is 4.72 Å². The molecule has 108 valence electrons. The van der Waals surface area contributed by atoms with Gasteiger partial charge in [-0.2, -0.15) is 0 Å². The zero-order valence-corrected chi connectivity index (χ0v) is 12.9. The number of sulfonamides is 1. The van der Waals surface area contributed by atoms with Crippen molar-refractivity contribution >= 4 is 21.6 Å². The molecule has 0 saturated carbocycles. The van der Waals surface area contributed by atoms with Crippen molar-refractivity contribution in [1.29, 1.82) is 0 Å². The van der Waals surface area contributed by atoms with Crippen molar-refractivity contribution < 1.29 is 13.5 Å². The van der Waals surface area contributed by atoms with Crippen molar-refractivity contribution in [3.05, 3.63) is 28.8 Å². The minimum Gasteiger partial charge on any atom is -0.396 e. The maximum atomic E-state index is 12.3. The molecular formula is C13H20ClNO3S. The van der Waals surface area contributed by atoms with Crippen LogP contribution in [0.4, 0.5) is 0 Å². The molecule has 0 aliphatic rings. The topological polar surface area (TPSA) is 66.4 Å². The Morgan fingerprint density at radius 1 is 1.37 bits per heavy atom. The lowest BCUT2D eigenvalue weighted by Gasteiger charge is -2.22. The van der Waals surface area contributed by atoms with Crippen LogP contribution in [0.15, 0.2) is 23.1 Å². The summed E-state index contributed by atoms with van der Waals surface area (Å²) < 4.78 is 27.3. The van der Waals surface area contributed by atoms with E-state index in [-0.39, 0.29) is 23.5 Å². The van der Waals surface area contributed by atoms with E-state index in [9.17, 15) is 8.42 Å². The first kappa shape index (κ1) is 16.4. The van der Waals surface area contributed by atoms with E-state index >= 15 is 0 Å². The Hall–Kier alpha value is -0.620. The molecule has 6 heteroatoms. The van der Waals surface area contributed by atoms with Gasteiger partial charge in [0.25, 0.3) is 0 Å². The maximum absolute atomic E-state index is 12.3. The standard InChI is InChI=1S/C13H20ClNO3S/c1-9(2)12(7-8-16)15-19(17,18)13-6-4-5-11(14)10(13)3/h4-6,9,12,15-16H,7-8H2,1-3H3. The number of halogens is 1. The van der Waals surface area contributed by atoms with Crippen LogP contribution in [0, 0.1) is 12.8 Å². The summed E-state index contributed by atoms with van der Waals surface area (Å²) in [6.45, 7) is 5.44. The van der Waals surface area contributed by atoms with Crippen molar-refractivity contribution in [3.8, 4) is 0 Å². The first-order valence-corrected chi connectivity index (χ1v) is 8.04. The van der Waals surface area contributed by atoms with Crippen molar-refractivity contribution in [2.75, 3.05) is 6.61 Å². The highest BCUT2D eigenvalue weighted by Crippen LogP contribution is 2.23. The zero-order valence-electron chi connectivity index (χ0n) is 11.4. The van der Waals surface area contributed by atoms with Gasteiger partial charge in [-0.15, -0.1) is 0 Å². The van der Waals surface area contributed by atoms with Crippen molar-refractivity contribution in [1.82, 2.24) is 4.72 Å². The molecule has 0 bridgehead atoms. The summed E-state index contributed by atoms with van der Waals surface area (Å²) in [5.74, 6) is 0.0985. The molecule has 0 aliphatic carbocycles. The third-order valence-corrected chi connectivity index (χ3v) is 5.10. The molecule has 1 aromatic rings. The van der Waals surface area contributed by atoms with Gasteiger partial charge in [-0.05, 0) is 37.0 Å². The molecule has 1 aromatic carbocycles. The lowest BCUT2D eigenvalue weighted by Crippen LogP contribution is -2.39. The number of aliphatic hydroxyl groups excluding tert-OH is 1. The highest BCUT2D eigenvalue weighted by atomic mass is 35.5. The van der Waals surface area contributed by atoms with Gasteiger partial charge in [0.1, 0.15) is 0 Å². The van der Waals surface area contributed by atoms with E-state index in [1.54, 1.807) is 19.1 Å². The van der Waals surface area contributed by atoms with E-state index in [0.29, 0.717) is 17.0 Å². The minimum absolute atomic E-state index is 0.0557. The van der Waals surface area contributed by atoms with Crippen molar-refractivity contribution in [2.24, 2.45) is 5.92 Å². The van der Waals surface area contributed by atoms with Crippen LogP contribution in [0.2, 0.25) is 5.02 Å². The quantitative estimate of drug-likeness (QED) is 0.847. The SMILES string of the molecule is Cc1c(Cl)cccc1S(=O)(=O)NC(CCO)C(C)C. The van der Waals surface area contributed by atoms with Crippen molar-refractivity contribution in [2.45, 2.75) is 38.1 Å². The van der Waals surface area contributed by atoms with E-state index in [1.165, 1.54) is 6.07 Å². The molecule has 4 nitrogen and oxygen atoms in total. The molecule has 1 unspecified atom stereocenters. The lowest BCUT2D eigenvalue weighted by atomic mass is 10.0. The Morgan fingerprint density at radius 2 is 2.00 bits per heavy atom. The van der Waals surface area contributed by atoms with Crippen LogP contribution < -0.4 is 4.72 Å². The van der Waals surface area contributed by atoms with Crippen LogP contribution >= 0.6 is 11.6 Å². The van der Waals surface area contributed by atoms with E-state index in [1.807, 2.05) is 13.8 Å². The van der Waals surface area contributed by atoms with Crippen LogP contribution in [0.5, 0.6) is 0 Å². The Bertz CT molecular complexity index is 529. The molecule has 0 radical (unpaired) electrons. The average Bonchev–Trinajstić information content (AvgIpc) is 2.31. The Balaban J connectivity index is 3.07. The summed E-state index contributed by atoms with van der Waals surface area (Å²) in [6.07, 6.45) is 0.385. The minimum atomic E-state index is -3.63. The molecule has 0 aliphatic heterocycles. The van der Waals surface area contributed by atoms with Gasteiger partial charge >= 0.3 is 0 Å². The highest BCUT2D eigenvalue weighted by Gasteiger charge is 2.24. The van der Waals surface area contributed by atoms with Gasteiger partial charge in [0.2, 0.25) is 10.0 Å². The van der Waals surface area contributed by atoms with E-state index < -0.39 is 10.0 Å². The molecule has 1 rings (SSSR count). The summed E-state index contributed by atoms with van der Waals surface area (Å²) >= 11 is 5.95. The molecular weight excluding hydrogens is 286 g/mol. The Morgan fingerprint density at radius 3 is 2.53 bits per heavy atom. The van der Waals surface area contributed by atoms with Gasteiger partial charge in [-0.1, -0.05) is 31.5 Å². The lowest BCUT2D eigenvalue weighted by molar-refractivity contribution is 0.256. The Labute approximate surface area is 119 Å². The molecule has 0 aromatic heterocycles. The van der Waals surface area contributed by atoms with E-state index in [4.69, 9.17) is 16.7 Å². The zero-order chi connectivity index (χ0) is 14.6. The number of benzene rings is 1. The fraction of sp³-hybridized carbons (Fsp3) is 0.538. The molecule has 0 amide bonds. The second kappa shape index (κ2) is 6.70. The predicted molar refractivity (Wildman–Crippen MR) is 76.8 cm³/mol. The summed E-state index contributed by atoms with van der Waals surface area (Å²) in [4.78, 5) is 0.184. The molecule has 0 heterocycles. The molecule has 0 spiro atoms. The summed E-state index contributed by atoms with van der Waals surface area (Å²) in [5, 5.41) is 9.42. The fourth-order valence-corrected chi connectivity index (χ4v) is 3.73. The normalized spacial score (nSPS) is 13.8. The average molecular weight is 306 g/mol. The Kier molecular flexibility index (Phi) is 5.80. The smallest absolute Gasteiger partial charge is 0.241 e. The van der Waals surface area contributed by atoms with Gasteiger partial charge in [-0.3, -0.25) is 0 Å². The largest absolute Gasteiger partial charge is 0.396 e. The van der Waals surface area contributed by atoms with E-state index in [0.717, 1.165) is 0 Å². The second-order valence-corrected chi connectivity index (χ2v) is 6.94. The molecule has 0 fully saturated rings.